The van der Waals surface area contributed by atoms with Crippen molar-refractivity contribution in [1.82, 2.24) is 0 Å². The molecule has 0 saturated carbocycles. The maximum Gasteiger partial charge on any atom is 0.304 e. The van der Waals surface area contributed by atoms with Crippen LogP contribution < -0.4 is 0 Å². The number of esters is 1. The first kappa shape index (κ1) is 14.8. The number of terminal acetylenes is 1. The van der Waals surface area contributed by atoms with Crippen LogP contribution in [0.25, 0.3) is 11.1 Å². The fourth-order valence-corrected chi connectivity index (χ4v) is 2.12. The van der Waals surface area contributed by atoms with Gasteiger partial charge in [-0.3, -0.25) is 4.79 Å². The van der Waals surface area contributed by atoms with E-state index in [1.807, 2.05) is 0 Å². The van der Waals surface area contributed by atoms with Crippen molar-refractivity contribution < 1.29 is 13.9 Å². The number of hydrogen-bond acceptors (Lipinski definition) is 2. The van der Waals surface area contributed by atoms with E-state index < -0.39 is 11.6 Å². The van der Waals surface area contributed by atoms with Gasteiger partial charge in [0.05, 0.1) is 0 Å². The first-order chi connectivity index (χ1) is 9.96. The van der Waals surface area contributed by atoms with Gasteiger partial charge in [-0.2, -0.15) is 0 Å². The highest BCUT2D eigenvalue weighted by atomic mass is 19.1. The predicted molar refractivity (Wildman–Crippen MR) is 79.8 cm³/mol. The standard InChI is InChI=1S/C18H15FO2/c1-4-18(3,21-13(2)20)15-11-9-14(10-12-15)16-7-5-6-8-17(16)19/h1,5-12H,2-3H3. The van der Waals surface area contributed by atoms with Crippen molar-refractivity contribution in [2.24, 2.45) is 0 Å². The van der Waals surface area contributed by atoms with Crippen LogP contribution in [0.4, 0.5) is 4.39 Å². The van der Waals surface area contributed by atoms with Gasteiger partial charge >= 0.3 is 5.97 Å². The van der Waals surface area contributed by atoms with E-state index in [9.17, 15) is 9.18 Å². The Kier molecular flexibility index (Phi) is 4.09. The molecule has 2 rings (SSSR count). The van der Waals surface area contributed by atoms with Crippen molar-refractivity contribution >= 4 is 5.97 Å². The molecule has 0 amide bonds. The quantitative estimate of drug-likeness (QED) is 0.630. The predicted octanol–water partition coefficient (Wildman–Crippen LogP) is 3.90. The molecule has 3 heteroatoms. The molecule has 0 radical (unpaired) electrons. The minimum atomic E-state index is -1.13. The fraction of sp³-hybridized carbons (Fsp3) is 0.167. The number of halogens is 1. The SMILES string of the molecule is C#CC(C)(OC(C)=O)c1ccc(-c2ccccc2F)cc1. The Morgan fingerprint density at radius 2 is 1.81 bits per heavy atom. The monoisotopic (exact) mass is 282 g/mol. The van der Waals surface area contributed by atoms with Gasteiger partial charge in [-0.05, 0) is 18.6 Å². The molecule has 0 aliphatic heterocycles. The van der Waals surface area contributed by atoms with Gasteiger partial charge < -0.3 is 4.74 Å². The molecule has 0 aliphatic carbocycles. The summed E-state index contributed by atoms with van der Waals surface area (Å²) in [4.78, 5) is 11.2. The molecule has 1 unspecified atom stereocenters. The Balaban J connectivity index is 2.37. The summed E-state index contributed by atoms with van der Waals surface area (Å²) < 4.78 is 18.9. The zero-order valence-electron chi connectivity index (χ0n) is 11.9. The molecule has 0 saturated heterocycles. The molecule has 2 nitrogen and oxygen atoms in total. The number of hydrogen-bond donors (Lipinski definition) is 0. The molecule has 0 heterocycles. The van der Waals surface area contributed by atoms with Gasteiger partial charge in [0.1, 0.15) is 5.82 Å². The van der Waals surface area contributed by atoms with E-state index in [0.717, 1.165) is 5.56 Å². The van der Waals surface area contributed by atoms with E-state index in [4.69, 9.17) is 11.2 Å². The lowest BCUT2D eigenvalue weighted by atomic mass is 9.94. The molecule has 0 spiro atoms. The summed E-state index contributed by atoms with van der Waals surface area (Å²) in [6, 6.07) is 13.5. The van der Waals surface area contributed by atoms with E-state index in [1.54, 1.807) is 49.4 Å². The van der Waals surface area contributed by atoms with E-state index in [2.05, 4.69) is 5.92 Å². The van der Waals surface area contributed by atoms with Crippen LogP contribution in [-0.4, -0.2) is 5.97 Å². The number of carbonyl (C=O) groups is 1. The number of benzene rings is 2. The van der Waals surface area contributed by atoms with Crippen LogP contribution in [0, 0.1) is 18.2 Å². The molecule has 21 heavy (non-hydrogen) atoms. The third-order valence-electron chi connectivity index (χ3n) is 3.24. The minimum absolute atomic E-state index is 0.287. The van der Waals surface area contributed by atoms with Gasteiger partial charge in [-0.15, -0.1) is 6.42 Å². The third kappa shape index (κ3) is 3.11. The van der Waals surface area contributed by atoms with Gasteiger partial charge in [0.15, 0.2) is 5.60 Å². The van der Waals surface area contributed by atoms with Crippen molar-refractivity contribution in [2.45, 2.75) is 19.4 Å². The highest BCUT2D eigenvalue weighted by Crippen LogP contribution is 2.28. The normalized spacial score (nSPS) is 13.0. The second kappa shape index (κ2) is 5.80. The van der Waals surface area contributed by atoms with Crippen LogP contribution in [-0.2, 0) is 15.1 Å². The molecule has 0 fully saturated rings. The average molecular weight is 282 g/mol. The van der Waals surface area contributed by atoms with Crippen molar-refractivity contribution in [1.29, 1.82) is 0 Å². The Hall–Kier alpha value is -2.60. The van der Waals surface area contributed by atoms with Gasteiger partial charge in [-0.1, -0.05) is 48.4 Å². The number of ether oxygens (including phenoxy) is 1. The van der Waals surface area contributed by atoms with Crippen LogP contribution in [0.2, 0.25) is 0 Å². The average Bonchev–Trinajstić information content (AvgIpc) is 2.47. The largest absolute Gasteiger partial charge is 0.442 e. The van der Waals surface area contributed by atoms with E-state index in [-0.39, 0.29) is 5.82 Å². The minimum Gasteiger partial charge on any atom is -0.442 e. The van der Waals surface area contributed by atoms with Gasteiger partial charge in [0.2, 0.25) is 0 Å². The lowest BCUT2D eigenvalue weighted by Crippen LogP contribution is -2.26. The van der Waals surface area contributed by atoms with Crippen LogP contribution in [0.5, 0.6) is 0 Å². The summed E-state index contributed by atoms with van der Waals surface area (Å²) in [5.41, 5.74) is 0.790. The summed E-state index contributed by atoms with van der Waals surface area (Å²) >= 11 is 0. The molecule has 1 atom stereocenters. The molecule has 0 aliphatic rings. The number of rotatable bonds is 3. The Labute approximate surface area is 123 Å². The van der Waals surface area contributed by atoms with Crippen molar-refractivity contribution in [3.05, 3.63) is 59.9 Å². The van der Waals surface area contributed by atoms with E-state index >= 15 is 0 Å². The highest BCUT2D eigenvalue weighted by molar-refractivity contribution is 5.68. The Morgan fingerprint density at radius 1 is 1.19 bits per heavy atom. The molecule has 0 N–H and O–H groups in total. The summed E-state index contributed by atoms with van der Waals surface area (Å²) in [5, 5.41) is 0. The van der Waals surface area contributed by atoms with Crippen LogP contribution in [0.1, 0.15) is 19.4 Å². The van der Waals surface area contributed by atoms with E-state index in [1.165, 1.54) is 13.0 Å². The van der Waals surface area contributed by atoms with Crippen LogP contribution in [0.3, 0.4) is 0 Å². The maximum absolute atomic E-state index is 13.7. The molecule has 2 aromatic carbocycles. The second-order valence-electron chi connectivity index (χ2n) is 4.83. The first-order valence-corrected chi connectivity index (χ1v) is 6.49. The van der Waals surface area contributed by atoms with Crippen LogP contribution in [0.15, 0.2) is 48.5 Å². The third-order valence-corrected chi connectivity index (χ3v) is 3.24. The van der Waals surface area contributed by atoms with Crippen LogP contribution >= 0.6 is 0 Å². The number of carbonyl (C=O) groups excluding carboxylic acids is 1. The second-order valence-corrected chi connectivity index (χ2v) is 4.83. The lowest BCUT2D eigenvalue weighted by molar-refractivity contribution is -0.151. The zero-order chi connectivity index (χ0) is 15.5. The molecule has 0 bridgehead atoms. The Morgan fingerprint density at radius 3 is 2.33 bits per heavy atom. The van der Waals surface area contributed by atoms with Crippen molar-refractivity contribution in [3.8, 4) is 23.5 Å². The molecular weight excluding hydrogens is 267 g/mol. The molecule has 0 aromatic heterocycles. The van der Waals surface area contributed by atoms with E-state index in [0.29, 0.717) is 11.1 Å². The summed E-state index contributed by atoms with van der Waals surface area (Å²) in [6.07, 6.45) is 5.47. The molecule has 2 aromatic rings. The van der Waals surface area contributed by atoms with Crippen molar-refractivity contribution in [3.63, 3.8) is 0 Å². The maximum atomic E-state index is 13.7. The molecular formula is C18H15FO2. The molecule has 106 valence electrons. The fourth-order valence-electron chi connectivity index (χ4n) is 2.12. The van der Waals surface area contributed by atoms with Crippen molar-refractivity contribution in [2.75, 3.05) is 0 Å². The highest BCUT2D eigenvalue weighted by Gasteiger charge is 2.27. The smallest absolute Gasteiger partial charge is 0.304 e. The first-order valence-electron chi connectivity index (χ1n) is 6.49. The van der Waals surface area contributed by atoms with Gasteiger partial charge in [-0.25, -0.2) is 4.39 Å². The summed E-state index contributed by atoms with van der Waals surface area (Å²) in [5.74, 6) is 1.74. The summed E-state index contributed by atoms with van der Waals surface area (Å²) in [7, 11) is 0. The van der Waals surface area contributed by atoms with Gasteiger partial charge in [0.25, 0.3) is 0 Å². The summed E-state index contributed by atoms with van der Waals surface area (Å²) in [6.45, 7) is 2.95. The Bertz CT molecular complexity index is 698. The topological polar surface area (TPSA) is 26.3 Å². The zero-order valence-corrected chi connectivity index (χ0v) is 11.9. The lowest BCUT2D eigenvalue weighted by Gasteiger charge is -2.24. The van der Waals surface area contributed by atoms with Gasteiger partial charge in [0, 0.05) is 18.1 Å².